The van der Waals surface area contributed by atoms with Gasteiger partial charge in [0.25, 0.3) is 0 Å². The van der Waals surface area contributed by atoms with Gasteiger partial charge in [-0.2, -0.15) is 0 Å². The first-order valence-electron chi connectivity index (χ1n) is 10.7. The number of carbonyl (C=O) groups excluding carboxylic acids is 1. The number of hydrogen-bond donors (Lipinski definition) is 2. The number of ketones is 1. The zero-order valence-corrected chi connectivity index (χ0v) is 21.1. The molecule has 2 heterocycles. The minimum Gasteiger partial charge on any atom is -0.497 e. The summed E-state index contributed by atoms with van der Waals surface area (Å²) in [5.74, 6) is 0.0619. The van der Waals surface area contributed by atoms with E-state index in [1.807, 2.05) is 0 Å². The first-order chi connectivity index (χ1) is 17.2. The summed E-state index contributed by atoms with van der Waals surface area (Å²) in [6, 6.07) is 10.0. The summed E-state index contributed by atoms with van der Waals surface area (Å²) in [6.07, 6.45) is 0. The van der Waals surface area contributed by atoms with Gasteiger partial charge >= 0.3 is 5.97 Å². The van der Waals surface area contributed by atoms with E-state index in [1.54, 1.807) is 43.3 Å². The second-order valence-corrected chi connectivity index (χ2v) is 8.75. The average molecular weight is 509 g/mol. The number of nitrogen functional groups attached to an aromatic ring is 1. The monoisotopic (exact) mass is 508 g/mol. The summed E-state index contributed by atoms with van der Waals surface area (Å²) < 4.78 is 21.6. The number of aryl methyl sites for hydroxylation is 1. The Morgan fingerprint density at radius 1 is 0.972 bits per heavy atom. The van der Waals surface area contributed by atoms with Gasteiger partial charge in [0.1, 0.15) is 15.5 Å². The minimum absolute atomic E-state index is 0.0401. The Morgan fingerprint density at radius 2 is 1.64 bits per heavy atom. The molecule has 0 unspecified atom stereocenters. The Hall–Kier alpha value is -4.31. The van der Waals surface area contributed by atoms with Gasteiger partial charge < -0.3 is 29.8 Å². The molecule has 9 nitrogen and oxygen atoms in total. The third-order valence-corrected chi connectivity index (χ3v) is 6.86. The molecule has 0 saturated carbocycles. The summed E-state index contributed by atoms with van der Waals surface area (Å²) in [7, 11) is 5.93. The number of aromatic nitrogens is 1. The highest BCUT2D eigenvalue weighted by atomic mass is 32.1. The van der Waals surface area contributed by atoms with Crippen LogP contribution in [-0.2, 0) is 0 Å². The second kappa shape index (κ2) is 9.74. The highest BCUT2D eigenvalue weighted by Gasteiger charge is 2.28. The molecule has 2 aromatic heterocycles. The van der Waals surface area contributed by atoms with Crippen LogP contribution in [0.1, 0.15) is 31.3 Å². The molecule has 0 fully saturated rings. The molecule has 0 amide bonds. The zero-order chi connectivity index (χ0) is 26.1. The van der Waals surface area contributed by atoms with E-state index < -0.39 is 5.97 Å². The van der Waals surface area contributed by atoms with Crippen LogP contribution in [0.5, 0.6) is 23.0 Å². The third-order valence-electron chi connectivity index (χ3n) is 5.76. The van der Waals surface area contributed by atoms with Crippen molar-refractivity contribution in [3.63, 3.8) is 0 Å². The number of methoxy groups -OCH3 is 4. The molecule has 186 valence electrons. The van der Waals surface area contributed by atoms with E-state index in [-0.39, 0.29) is 27.6 Å². The summed E-state index contributed by atoms with van der Waals surface area (Å²) >= 11 is 1.10. The predicted molar refractivity (Wildman–Crippen MR) is 137 cm³/mol. The van der Waals surface area contributed by atoms with Crippen molar-refractivity contribution >= 4 is 39.0 Å². The van der Waals surface area contributed by atoms with E-state index in [1.165, 1.54) is 28.4 Å². The topological polar surface area (TPSA) is 130 Å². The third kappa shape index (κ3) is 4.05. The normalized spacial score (nSPS) is 10.8. The van der Waals surface area contributed by atoms with Gasteiger partial charge in [-0.3, -0.25) is 4.79 Å². The molecular weight excluding hydrogens is 484 g/mol. The van der Waals surface area contributed by atoms with Gasteiger partial charge in [-0.1, -0.05) is 12.1 Å². The summed E-state index contributed by atoms with van der Waals surface area (Å²) in [5.41, 5.74) is 8.07. The van der Waals surface area contributed by atoms with Crippen molar-refractivity contribution in [2.75, 3.05) is 34.2 Å². The molecule has 0 radical (unpaired) electrons. The molecule has 0 aliphatic rings. The van der Waals surface area contributed by atoms with Crippen LogP contribution in [0.15, 0.2) is 36.4 Å². The number of benzene rings is 2. The number of fused-ring (bicyclic) bond motifs is 1. The van der Waals surface area contributed by atoms with Gasteiger partial charge in [0.2, 0.25) is 11.5 Å². The van der Waals surface area contributed by atoms with Gasteiger partial charge in [-0.05, 0) is 36.8 Å². The number of aromatic carboxylic acids is 1. The highest BCUT2D eigenvalue weighted by molar-refractivity contribution is 7.21. The lowest BCUT2D eigenvalue weighted by molar-refractivity contribution is 0.0696. The highest BCUT2D eigenvalue weighted by Crippen LogP contribution is 2.47. The molecule has 0 aliphatic heterocycles. The second-order valence-electron chi connectivity index (χ2n) is 7.75. The van der Waals surface area contributed by atoms with Crippen molar-refractivity contribution in [3.8, 4) is 34.1 Å². The van der Waals surface area contributed by atoms with Gasteiger partial charge in [0.15, 0.2) is 11.5 Å². The van der Waals surface area contributed by atoms with Crippen molar-refractivity contribution in [2.45, 2.75) is 6.92 Å². The molecule has 0 atom stereocenters. The maximum Gasteiger partial charge on any atom is 0.338 e. The molecule has 0 spiro atoms. The maximum absolute atomic E-state index is 13.4. The fourth-order valence-electron chi connectivity index (χ4n) is 4.11. The molecule has 2 aromatic carbocycles. The number of nitrogens with two attached hydrogens (primary N) is 1. The summed E-state index contributed by atoms with van der Waals surface area (Å²) in [4.78, 5) is 31.0. The molecule has 36 heavy (non-hydrogen) atoms. The van der Waals surface area contributed by atoms with E-state index in [0.29, 0.717) is 49.9 Å². The SMILES string of the molecule is COc1cccc(C(=O)c2sc3nc(C)c(C(=O)O)c(-c4cc(OC)c(OC)c(OC)c4)c3c2N)c1. The van der Waals surface area contributed by atoms with E-state index in [9.17, 15) is 14.7 Å². The van der Waals surface area contributed by atoms with Crippen molar-refractivity contribution in [3.05, 3.63) is 58.1 Å². The Labute approximate surface area is 211 Å². The number of anilines is 1. The van der Waals surface area contributed by atoms with Gasteiger partial charge in [0, 0.05) is 16.5 Å². The Balaban J connectivity index is 2.06. The van der Waals surface area contributed by atoms with Crippen LogP contribution >= 0.6 is 11.3 Å². The van der Waals surface area contributed by atoms with Crippen molar-refractivity contribution in [1.29, 1.82) is 0 Å². The maximum atomic E-state index is 13.4. The van der Waals surface area contributed by atoms with Crippen LogP contribution in [0.3, 0.4) is 0 Å². The van der Waals surface area contributed by atoms with Crippen LogP contribution in [0.25, 0.3) is 21.3 Å². The van der Waals surface area contributed by atoms with Gasteiger partial charge in [-0.25, -0.2) is 9.78 Å². The van der Waals surface area contributed by atoms with Crippen molar-refractivity contribution in [2.24, 2.45) is 0 Å². The number of rotatable bonds is 8. The lowest BCUT2D eigenvalue weighted by atomic mass is 9.94. The van der Waals surface area contributed by atoms with Crippen LogP contribution in [0, 0.1) is 6.92 Å². The predicted octanol–water partition coefficient (Wildman–Crippen LogP) is 4.82. The van der Waals surface area contributed by atoms with Gasteiger partial charge in [-0.15, -0.1) is 11.3 Å². The molecule has 3 N–H and O–H groups in total. The van der Waals surface area contributed by atoms with Crippen LogP contribution in [0.2, 0.25) is 0 Å². The molecule has 10 heteroatoms. The first-order valence-corrected chi connectivity index (χ1v) is 11.5. The Bertz CT molecular complexity index is 1490. The lowest BCUT2D eigenvalue weighted by Gasteiger charge is -2.17. The molecule has 4 rings (SSSR count). The number of carboxylic acids is 1. The number of carbonyl (C=O) groups is 2. The molecule has 0 saturated heterocycles. The van der Waals surface area contributed by atoms with E-state index in [4.69, 9.17) is 24.7 Å². The number of ether oxygens (including phenoxy) is 4. The smallest absolute Gasteiger partial charge is 0.338 e. The fourth-order valence-corrected chi connectivity index (χ4v) is 5.22. The number of pyridine rings is 1. The molecule has 0 bridgehead atoms. The molecule has 0 aliphatic carbocycles. The zero-order valence-electron chi connectivity index (χ0n) is 20.3. The summed E-state index contributed by atoms with van der Waals surface area (Å²) in [6.45, 7) is 1.60. The van der Waals surface area contributed by atoms with E-state index in [2.05, 4.69) is 4.98 Å². The number of carboxylic acid groups (broad SMARTS) is 1. The van der Waals surface area contributed by atoms with E-state index >= 15 is 0 Å². The van der Waals surface area contributed by atoms with Crippen LogP contribution < -0.4 is 24.7 Å². The standard InChI is InChI=1S/C26H24N2O7S/c1-12-18(26(30)31)19(14-10-16(33-3)23(35-5)17(11-14)34-4)20-21(27)24(36-25(20)28-12)22(29)13-7-6-8-15(9-13)32-2/h6-11H,27H2,1-5H3,(H,30,31). The van der Waals surface area contributed by atoms with Crippen LogP contribution in [-0.4, -0.2) is 50.3 Å². The van der Waals surface area contributed by atoms with Crippen LogP contribution in [0.4, 0.5) is 5.69 Å². The average Bonchev–Trinajstić information content (AvgIpc) is 3.21. The Kier molecular flexibility index (Phi) is 6.71. The largest absolute Gasteiger partial charge is 0.497 e. The fraction of sp³-hybridized carbons (Fsp3) is 0.192. The number of hydrogen-bond acceptors (Lipinski definition) is 9. The Morgan fingerprint density at radius 3 is 2.19 bits per heavy atom. The molecular formula is C26H24N2O7S. The lowest BCUT2D eigenvalue weighted by Crippen LogP contribution is -2.07. The quantitative estimate of drug-likeness (QED) is 0.322. The van der Waals surface area contributed by atoms with E-state index in [0.717, 1.165) is 11.3 Å². The number of nitrogens with zero attached hydrogens (tertiary/aromatic N) is 1. The minimum atomic E-state index is -1.18. The van der Waals surface area contributed by atoms with Crippen molar-refractivity contribution in [1.82, 2.24) is 4.98 Å². The summed E-state index contributed by atoms with van der Waals surface area (Å²) in [5, 5.41) is 10.5. The van der Waals surface area contributed by atoms with Crippen molar-refractivity contribution < 1.29 is 33.6 Å². The number of thiophene rings is 1. The first kappa shape index (κ1) is 24.8. The molecule has 4 aromatic rings. The van der Waals surface area contributed by atoms with Gasteiger partial charge in [0.05, 0.1) is 45.4 Å².